The summed E-state index contributed by atoms with van der Waals surface area (Å²) in [6.07, 6.45) is 9.74. The zero-order valence-electron chi connectivity index (χ0n) is 32.6. The maximum atomic E-state index is 11.1. The predicted octanol–water partition coefficient (Wildman–Crippen LogP) is 8.48. The van der Waals surface area contributed by atoms with Gasteiger partial charge in [0, 0.05) is 44.4 Å². The SMILES string of the molecule is BrBr.CCOC(=O)c1sccc1N.CSc1ncnc2c(Br)csc12.C[S-].Clc1ncnc2c(Br)csc12.NC=O.O=c1[nH]cnc2c(Br)csc12.O=c1[nH]cnc2ccsc12.[Na+]. The number of hydrogen-bond acceptors (Lipinski definition) is 19. The Labute approximate surface area is 456 Å². The van der Waals surface area contributed by atoms with Gasteiger partial charge in [0.1, 0.15) is 48.1 Å². The molecule has 0 aromatic carbocycles. The van der Waals surface area contributed by atoms with Gasteiger partial charge in [-0.15, -0.1) is 68.4 Å². The third kappa shape index (κ3) is 18.3. The number of carbonyl (C=O) groups excluding carboxylic acids is 2. The molecule has 9 rings (SSSR count). The van der Waals surface area contributed by atoms with Crippen molar-refractivity contribution in [2.75, 3.05) is 24.9 Å². The number of carbonyl (C=O) groups is 2. The maximum Gasteiger partial charge on any atom is 1.00 e. The summed E-state index contributed by atoms with van der Waals surface area (Å²) < 4.78 is 11.1. The number of nitrogens with two attached hydrogens (primary N) is 2. The van der Waals surface area contributed by atoms with E-state index < -0.39 is 0 Å². The first kappa shape index (κ1) is 59.6. The Bertz CT molecular complexity index is 2880. The molecule has 0 aliphatic carbocycles. The van der Waals surface area contributed by atoms with E-state index in [-0.39, 0.29) is 53.1 Å². The van der Waals surface area contributed by atoms with Gasteiger partial charge in [-0.2, -0.15) is 6.26 Å². The number of nitrogens with one attached hydrogen (secondary N) is 2. The topological polar surface area (TPSA) is 238 Å². The molecule has 0 saturated carbocycles. The molecule has 330 valence electrons. The van der Waals surface area contributed by atoms with Crippen LogP contribution in [0.4, 0.5) is 5.69 Å². The van der Waals surface area contributed by atoms with E-state index in [4.69, 9.17) is 26.9 Å². The van der Waals surface area contributed by atoms with E-state index in [9.17, 15) is 14.4 Å². The molecule has 0 saturated heterocycles. The minimum absolute atomic E-state index is 0. The van der Waals surface area contributed by atoms with Crippen molar-refractivity contribution >= 4 is 228 Å². The summed E-state index contributed by atoms with van der Waals surface area (Å²) in [6.45, 7) is 2.15. The van der Waals surface area contributed by atoms with Gasteiger partial charge in [-0.25, -0.2) is 34.7 Å². The van der Waals surface area contributed by atoms with Gasteiger partial charge < -0.3 is 38.8 Å². The minimum atomic E-state index is -0.333. The van der Waals surface area contributed by atoms with E-state index in [0.717, 1.165) is 49.9 Å². The third-order valence-corrected chi connectivity index (χ3v) is 15.1. The Morgan fingerprint density at radius 3 is 1.79 bits per heavy atom. The number of halogens is 6. The van der Waals surface area contributed by atoms with Gasteiger partial charge in [0.2, 0.25) is 6.41 Å². The van der Waals surface area contributed by atoms with Crippen molar-refractivity contribution in [3.63, 3.8) is 0 Å². The Morgan fingerprint density at radius 1 is 0.794 bits per heavy atom. The molecule has 0 spiro atoms. The number of nitrogen functional groups attached to an aromatic ring is 1. The van der Waals surface area contributed by atoms with E-state index in [0.29, 0.717) is 31.7 Å². The number of rotatable bonds is 3. The van der Waals surface area contributed by atoms with Crippen LogP contribution in [0.5, 0.6) is 0 Å². The fraction of sp³-hybridized carbons (Fsp3) is 0.118. The predicted molar refractivity (Wildman–Crippen MR) is 281 cm³/mol. The quantitative estimate of drug-likeness (QED) is 0.0324. The molecule has 0 atom stereocenters. The van der Waals surface area contributed by atoms with Crippen LogP contribution in [-0.2, 0) is 22.2 Å². The molecule has 0 bridgehead atoms. The van der Waals surface area contributed by atoms with E-state index in [1.807, 2.05) is 33.8 Å². The number of fused-ring (bicyclic) bond motifs is 4. The van der Waals surface area contributed by atoms with Crippen molar-refractivity contribution in [2.24, 2.45) is 5.73 Å². The van der Waals surface area contributed by atoms with Crippen LogP contribution in [0.2, 0.25) is 5.15 Å². The standard InChI is InChI=1S/C7H5BrN2S2.C7H9NO2S.C6H2BrClN2S.C6H3BrN2OS.C6H4N2OS.CH3NO.CH4S.Br2.Na/c1-11-7-6-5(9-3-10-7)4(8)2-12-6;1-2-10-7(9)6-5(8)3-4-11-6;7-3-1-11-5-4(3)9-2-10-6(5)8;7-3-1-11-5-4(3)8-2-9-6(5)10;9-6-5-4(1-2-10-5)7-3-8-6;2-1-3;2*1-2;/h2-3H,1H3;3-4H,2,8H2,1H3;1-2H;1-2H,(H,8,9,10);1-3H,(H,7,8,9);1H,(H2,2,3);2H,1H3;;/q;;;;;;;;+1/p-1. The molecule has 9 aromatic rings. The number of primary amides is 1. The van der Waals surface area contributed by atoms with Crippen LogP contribution in [0.15, 0.2) is 92.4 Å². The molecule has 1 amide bonds. The number of amides is 1. The Morgan fingerprint density at radius 2 is 1.29 bits per heavy atom. The summed E-state index contributed by atoms with van der Waals surface area (Å²) in [5.41, 5.74) is 13.4. The third-order valence-electron chi connectivity index (χ3n) is 6.46. The first-order valence-corrected chi connectivity index (χ1v) is 29.0. The Balaban J connectivity index is 0.000000379. The molecule has 0 aliphatic heterocycles. The smallest absolute Gasteiger partial charge is 0.796 e. The zero-order valence-corrected chi connectivity index (χ0v) is 49.0. The average molecular weight is 1340 g/mol. The number of nitrogens with zero attached hydrogens (tertiary/aromatic N) is 6. The van der Waals surface area contributed by atoms with E-state index >= 15 is 0 Å². The fourth-order valence-corrected chi connectivity index (χ4v) is 11.0. The molecule has 9 aromatic heterocycles. The summed E-state index contributed by atoms with van der Waals surface area (Å²) in [6, 6.07) is 3.52. The van der Waals surface area contributed by atoms with Crippen LogP contribution in [0.25, 0.3) is 40.9 Å². The minimum Gasteiger partial charge on any atom is -0.796 e. The van der Waals surface area contributed by atoms with Gasteiger partial charge in [0.15, 0.2) is 0 Å². The first-order valence-electron chi connectivity index (χ1n) is 16.1. The second kappa shape index (κ2) is 33.1. The van der Waals surface area contributed by atoms with Gasteiger partial charge >= 0.3 is 35.5 Å². The Kier molecular flexibility index (Phi) is 31.3. The van der Waals surface area contributed by atoms with Crippen LogP contribution in [-0.4, -0.2) is 71.4 Å². The molecule has 0 radical (unpaired) electrons. The molecule has 29 heteroatoms. The normalized spacial score (nSPS) is 9.49. The molecule has 15 nitrogen and oxygen atoms in total. The number of anilines is 1. The molecule has 0 aliphatic rings. The number of aromatic nitrogens is 8. The number of H-pyrrole nitrogens is 2. The molecular weight excluding hydrogens is 1310 g/mol. The molecule has 9 heterocycles. The van der Waals surface area contributed by atoms with Crippen LogP contribution in [0.1, 0.15) is 16.6 Å². The molecule has 63 heavy (non-hydrogen) atoms. The number of ether oxygens (including phenoxy) is 1. The number of aromatic amines is 2. The van der Waals surface area contributed by atoms with Crippen LogP contribution in [0, 0.1) is 0 Å². The van der Waals surface area contributed by atoms with Crippen molar-refractivity contribution in [2.45, 2.75) is 11.9 Å². The van der Waals surface area contributed by atoms with Gasteiger partial charge in [-0.3, -0.25) is 14.4 Å². The van der Waals surface area contributed by atoms with Crippen LogP contribution >= 0.6 is 156 Å². The zero-order chi connectivity index (χ0) is 46.2. The van der Waals surface area contributed by atoms with Crippen LogP contribution in [0.3, 0.4) is 0 Å². The molecule has 6 N–H and O–H groups in total. The van der Waals surface area contributed by atoms with E-state index in [1.54, 1.807) is 54.1 Å². The molecular formula is C34H29Br5ClN10NaO5S7. The second-order valence-electron chi connectivity index (χ2n) is 9.99. The first-order chi connectivity index (χ1) is 29.9. The van der Waals surface area contributed by atoms with Crippen molar-refractivity contribution in [3.05, 3.63) is 108 Å². The van der Waals surface area contributed by atoms with Crippen molar-refractivity contribution in [1.82, 2.24) is 39.9 Å². The van der Waals surface area contributed by atoms with E-state index in [2.05, 4.69) is 134 Å². The summed E-state index contributed by atoms with van der Waals surface area (Å²) in [5.74, 6) is -0.333. The van der Waals surface area contributed by atoms with Crippen LogP contribution < -0.4 is 52.1 Å². The van der Waals surface area contributed by atoms with Crippen molar-refractivity contribution < 1.29 is 43.9 Å². The summed E-state index contributed by atoms with van der Waals surface area (Å²) >= 11 is 34.4. The number of thioether (sulfide) groups is 1. The van der Waals surface area contributed by atoms with Gasteiger partial charge in [0.05, 0.1) is 58.8 Å². The molecule has 0 unspecified atom stereocenters. The maximum absolute atomic E-state index is 11.1. The number of hydrogen-bond donors (Lipinski definition) is 4. The van der Waals surface area contributed by atoms with Gasteiger partial charge in [-0.1, -0.05) is 11.6 Å². The van der Waals surface area contributed by atoms with Gasteiger partial charge in [0.25, 0.3) is 11.1 Å². The largest absolute Gasteiger partial charge is 1.00 e. The summed E-state index contributed by atoms with van der Waals surface area (Å²) in [5, 5.41) is 11.0. The summed E-state index contributed by atoms with van der Waals surface area (Å²) in [4.78, 5) is 71.4. The number of thiophene rings is 5. The fourth-order valence-electron chi connectivity index (χ4n) is 4.05. The van der Waals surface area contributed by atoms with Gasteiger partial charge in [-0.05, 0) is 83.9 Å². The summed E-state index contributed by atoms with van der Waals surface area (Å²) in [7, 11) is 0. The average Bonchev–Trinajstić information content (AvgIpc) is 4.15. The Hall–Kier alpha value is -1.41. The van der Waals surface area contributed by atoms with Crippen molar-refractivity contribution in [1.29, 1.82) is 0 Å². The van der Waals surface area contributed by atoms with E-state index in [1.165, 1.54) is 64.3 Å². The monoisotopic (exact) mass is 1330 g/mol. The van der Waals surface area contributed by atoms with Crippen molar-refractivity contribution in [3.8, 4) is 0 Å². The second-order valence-corrected chi connectivity index (χ2v) is 18.2. The number of esters is 1. The molecule has 0 fully saturated rings.